The van der Waals surface area contributed by atoms with Crippen LogP contribution in [0.3, 0.4) is 0 Å². The highest BCUT2D eigenvalue weighted by Gasteiger charge is 2.31. The Hall–Kier alpha value is -3.98. The third kappa shape index (κ3) is 2.68. The predicted molar refractivity (Wildman–Crippen MR) is 115 cm³/mol. The summed E-state index contributed by atoms with van der Waals surface area (Å²) in [6, 6.07) is 8.39. The number of halogens is 2. The first-order chi connectivity index (χ1) is 15.6. The van der Waals surface area contributed by atoms with Crippen molar-refractivity contribution in [2.24, 2.45) is 0 Å². The molecule has 0 fully saturated rings. The van der Waals surface area contributed by atoms with Crippen LogP contribution >= 0.6 is 11.6 Å². The van der Waals surface area contributed by atoms with Crippen LogP contribution < -0.4 is 19.6 Å². The maximum atomic E-state index is 14.4. The van der Waals surface area contributed by atoms with E-state index in [2.05, 4.69) is 20.2 Å². The number of H-pyrrole nitrogens is 2. The van der Waals surface area contributed by atoms with Gasteiger partial charge in [-0.1, -0.05) is 23.7 Å². The number of fused-ring (bicyclic) bond motifs is 4. The first-order valence-electron chi connectivity index (χ1n) is 9.77. The smallest absolute Gasteiger partial charge is 0.321 e. The van der Waals surface area contributed by atoms with Gasteiger partial charge in [0.25, 0.3) is 11.6 Å². The molecule has 0 radical (unpaired) electrons. The van der Waals surface area contributed by atoms with Crippen LogP contribution in [0.25, 0.3) is 38.6 Å². The average Bonchev–Trinajstić information content (AvgIpc) is 3.31. The Bertz CT molecular complexity index is 1580. The summed E-state index contributed by atoms with van der Waals surface area (Å²) in [5.41, 5.74) is 1.52. The Morgan fingerprint density at radius 3 is 2.75 bits per heavy atom. The minimum Gasteiger partial charge on any atom is -0.484 e. The summed E-state index contributed by atoms with van der Waals surface area (Å²) in [4.78, 5) is 20.4. The van der Waals surface area contributed by atoms with Crippen molar-refractivity contribution >= 4 is 33.4 Å². The Morgan fingerprint density at radius 1 is 1.09 bits per heavy atom. The first kappa shape index (κ1) is 18.8. The minimum atomic E-state index is -0.453. The van der Waals surface area contributed by atoms with Gasteiger partial charge in [0, 0.05) is 23.1 Å². The second-order valence-corrected chi connectivity index (χ2v) is 7.56. The maximum absolute atomic E-state index is 14.4. The van der Waals surface area contributed by atoms with Gasteiger partial charge in [-0.05, 0) is 6.07 Å². The van der Waals surface area contributed by atoms with Crippen LogP contribution in [0.5, 0.6) is 11.6 Å². The monoisotopic (exact) mass is 450 g/mol. The number of aromatic nitrogens is 5. The predicted octanol–water partition coefficient (Wildman–Crippen LogP) is 3.31. The summed E-state index contributed by atoms with van der Waals surface area (Å²) >= 11 is 6.44. The number of rotatable bonds is 2. The van der Waals surface area contributed by atoms with E-state index in [1.807, 2.05) is 6.07 Å². The quantitative estimate of drug-likeness (QED) is 0.318. The fourth-order valence-corrected chi connectivity index (χ4v) is 4.29. The number of hydrogen-bond acceptors (Lipinski definition) is 5. The number of pyridine rings is 3. The molecule has 1 aliphatic rings. The van der Waals surface area contributed by atoms with Gasteiger partial charge in [0.2, 0.25) is 0 Å². The highest BCUT2D eigenvalue weighted by Crippen LogP contribution is 2.45. The molecule has 158 valence electrons. The van der Waals surface area contributed by atoms with E-state index in [1.54, 1.807) is 35.2 Å². The zero-order valence-corrected chi connectivity index (χ0v) is 17.1. The van der Waals surface area contributed by atoms with Crippen molar-refractivity contribution in [2.45, 2.75) is 0 Å². The second-order valence-electron chi connectivity index (χ2n) is 7.20. The molecule has 0 unspecified atom stereocenters. The van der Waals surface area contributed by atoms with E-state index >= 15 is 0 Å². The highest BCUT2D eigenvalue weighted by molar-refractivity contribution is 6.34. The van der Waals surface area contributed by atoms with Crippen molar-refractivity contribution in [1.29, 1.82) is 0 Å². The third-order valence-corrected chi connectivity index (χ3v) is 5.67. The first-order valence-corrected chi connectivity index (χ1v) is 10.1. The van der Waals surface area contributed by atoms with Crippen LogP contribution in [0.1, 0.15) is 0 Å². The molecule has 0 aliphatic carbocycles. The summed E-state index contributed by atoms with van der Waals surface area (Å²) in [6.45, 7) is 0.631. The van der Waals surface area contributed by atoms with Gasteiger partial charge in [-0.25, -0.2) is 4.39 Å². The molecule has 8 nitrogen and oxygen atoms in total. The minimum absolute atomic E-state index is 0.0674. The van der Waals surface area contributed by atoms with Gasteiger partial charge in [-0.15, -0.1) is 0 Å². The van der Waals surface area contributed by atoms with Crippen LogP contribution in [0.4, 0.5) is 4.39 Å². The summed E-state index contributed by atoms with van der Waals surface area (Å²) in [6.07, 6.45) is 5.03. The molecular weight excluding hydrogens is 437 g/mol. The van der Waals surface area contributed by atoms with Gasteiger partial charge in [-0.2, -0.15) is 14.6 Å². The fourth-order valence-electron chi connectivity index (χ4n) is 4.07. The number of nitrogens with zero attached hydrogens (tertiary/aromatic N) is 3. The van der Waals surface area contributed by atoms with Crippen LogP contribution in [0.2, 0.25) is 5.15 Å². The molecular formula is C22H14ClFN5O3+. The molecule has 2 N–H and O–H groups in total. The van der Waals surface area contributed by atoms with Gasteiger partial charge in [-0.3, -0.25) is 9.89 Å². The van der Waals surface area contributed by atoms with Gasteiger partial charge >= 0.3 is 5.56 Å². The van der Waals surface area contributed by atoms with Crippen molar-refractivity contribution in [3.63, 3.8) is 0 Å². The lowest BCUT2D eigenvalue weighted by molar-refractivity contribution is -0.596. The Kier molecular flexibility index (Phi) is 4.12. The summed E-state index contributed by atoms with van der Waals surface area (Å²) in [5, 5.41) is 7.78. The van der Waals surface area contributed by atoms with E-state index in [0.717, 1.165) is 0 Å². The average molecular weight is 451 g/mol. The van der Waals surface area contributed by atoms with Gasteiger partial charge < -0.3 is 14.5 Å². The number of benzene rings is 1. The van der Waals surface area contributed by atoms with E-state index < -0.39 is 11.4 Å². The molecule has 0 saturated heterocycles. The van der Waals surface area contributed by atoms with Crippen molar-refractivity contribution in [3.05, 3.63) is 70.2 Å². The Labute approximate surface area is 184 Å². The molecule has 32 heavy (non-hydrogen) atoms. The van der Waals surface area contributed by atoms with Crippen molar-refractivity contribution in [1.82, 2.24) is 20.2 Å². The number of aromatic amines is 2. The molecule has 1 aromatic carbocycles. The largest absolute Gasteiger partial charge is 0.484 e. The lowest BCUT2D eigenvalue weighted by Crippen LogP contribution is -2.37. The topological polar surface area (TPSA) is 96.8 Å². The van der Waals surface area contributed by atoms with Gasteiger partial charge in [0.05, 0.1) is 22.7 Å². The van der Waals surface area contributed by atoms with E-state index in [9.17, 15) is 9.18 Å². The third-order valence-electron chi connectivity index (χ3n) is 5.39. The van der Waals surface area contributed by atoms with Crippen LogP contribution in [0, 0.1) is 5.82 Å². The standard InChI is InChI=1S/C22H13ClFN5O3/c23-20-17-15(19-22(27-20)32-9-8-31-19)14(11-4-5-13(24)16-12(11)10-25-28-16)18(21(30)26-17)29-6-2-1-3-7-29/h1-7,10H,8-9H2,(H-,25,26,28,30)/p+1. The molecule has 0 saturated carbocycles. The fraction of sp³-hybridized carbons (Fsp3) is 0.0909. The number of nitrogens with one attached hydrogen (secondary N) is 2. The molecule has 5 heterocycles. The van der Waals surface area contributed by atoms with E-state index in [4.69, 9.17) is 21.1 Å². The van der Waals surface area contributed by atoms with Crippen LogP contribution in [0.15, 0.2) is 53.7 Å². The molecule has 1 aliphatic heterocycles. The zero-order valence-electron chi connectivity index (χ0n) is 16.4. The van der Waals surface area contributed by atoms with Crippen molar-refractivity contribution < 1.29 is 18.4 Å². The summed E-state index contributed by atoms with van der Waals surface area (Å²) in [7, 11) is 0. The second kappa shape index (κ2) is 7.03. The highest BCUT2D eigenvalue weighted by atomic mass is 35.5. The van der Waals surface area contributed by atoms with Gasteiger partial charge in [0.1, 0.15) is 24.5 Å². The summed E-state index contributed by atoms with van der Waals surface area (Å²) in [5.74, 6) is 0.142. The van der Waals surface area contributed by atoms with E-state index in [1.165, 1.54) is 12.3 Å². The van der Waals surface area contributed by atoms with E-state index in [0.29, 0.717) is 52.1 Å². The van der Waals surface area contributed by atoms with Crippen molar-refractivity contribution in [2.75, 3.05) is 13.2 Å². The van der Waals surface area contributed by atoms with Gasteiger partial charge in [0.15, 0.2) is 23.3 Å². The SMILES string of the molecule is O=c1[nH]c2c(Cl)nc3c(c2c(-c2ccc(F)c4[nH]ncc24)c1-[n+]1ccccc1)OCCO3. The van der Waals surface area contributed by atoms with Crippen LogP contribution in [-0.4, -0.2) is 33.4 Å². The molecule has 4 aromatic heterocycles. The molecule has 0 amide bonds. The molecule has 0 atom stereocenters. The molecule has 0 spiro atoms. The zero-order chi connectivity index (χ0) is 21.8. The Balaban J connectivity index is 1.87. The summed E-state index contributed by atoms with van der Waals surface area (Å²) < 4.78 is 27.7. The number of ether oxygens (including phenoxy) is 2. The molecule has 10 heteroatoms. The lowest BCUT2D eigenvalue weighted by atomic mass is 9.96. The number of hydrogen-bond donors (Lipinski definition) is 2. The lowest BCUT2D eigenvalue weighted by Gasteiger charge is -2.21. The molecule has 5 aromatic rings. The maximum Gasteiger partial charge on any atom is 0.321 e. The normalized spacial score (nSPS) is 13.1. The molecule has 6 rings (SSSR count). The van der Waals surface area contributed by atoms with Crippen molar-refractivity contribution in [3.8, 4) is 28.4 Å². The molecule has 0 bridgehead atoms. The van der Waals surface area contributed by atoms with Crippen LogP contribution in [-0.2, 0) is 0 Å². The van der Waals surface area contributed by atoms with E-state index in [-0.39, 0.29) is 16.5 Å². The Morgan fingerprint density at radius 2 is 1.91 bits per heavy atom.